The van der Waals surface area contributed by atoms with Gasteiger partial charge in [-0.2, -0.15) is 0 Å². The molecular formula is C13H16N2O. The number of aromatic nitrogens is 1. The molecule has 1 aliphatic rings. The minimum absolute atomic E-state index is 0.780. The molecule has 0 atom stereocenters. The number of nitrogens with zero attached hydrogens (tertiary/aromatic N) is 2. The van der Waals surface area contributed by atoms with Crippen LogP contribution < -0.4 is 4.74 Å². The first-order valence-corrected chi connectivity index (χ1v) is 5.64. The predicted molar refractivity (Wildman–Crippen MR) is 64.8 cm³/mol. The normalized spacial score (nSPS) is 14.4. The molecule has 0 aliphatic carbocycles. The van der Waals surface area contributed by atoms with Crippen LogP contribution in [0.3, 0.4) is 0 Å². The second-order valence-electron chi connectivity index (χ2n) is 4.59. The van der Waals surface area contributed by atoms with Gasteiger partial charge in [0.25, 0.3) is 0 Å². The zero-order chi connectivity index (χ0) is 11.1. The van der Waals surface area contributed by atoms with Crippen molar-refractivity contribution in [1.82, 2.24) is 9.47 Å². The van der Waals surface area contributed by atoms with Crippen LogP contribution in [0.25, 0.3) is 10.9 Å². The zero-order valence-corrected chi connectivity index (χ0v) is 9.73. The van der Waals surface area contributed by atoms with E-state index < -0.39 is 0 Å². The van der Waals surface area contributed by atoms with E-state index in [2.05, 4.69) is 48.0 Å². The van der Waals surface area contributed by atoms with Gasteiger partial charge in [-0.1, -0.05) is 12.1 Å². The summed E-state index contributed by atoms with van der Waals surface area (Å²) in [6.45, 7) is 2.72. The molecule has 0 unspecified atom stereocenters. The Kier molecular flexibility index (Phi) is 2.14. The Morgan fingerprint density at radius 2 is 2.25 bits per heavy atom. The van der Waals surface area contributed by atoms with E-state index in [0.717, 1.165) is 25.4 Å². The molecule has 0 radical (unpaired) electrons. The highest BCUT2D eigenvalue weighted by molar-refractivity contribution is 5.89. The van der Waals surface area contributed by atoms with E-state index >= 15 is 0 Å². The average Bonchev–Trinajstić information content (AvgIpc) is 2.59. The Balaban J connectivity index is 2.22. The second kappa shape index (κ2) is 3.52. The molecule has 0 N–H and O–H groups in total. The minimum atomic E-state index is 0.780. The summed E-state index contributed by atoms with van der Waals surface area (Å²) in [5, 5.41) is 1.32. The summed E-state index contributed by atoms with van der Waals surface area (Å²) in [6, 6.07) is 6.31. The van der Waals surface area contributed by atoms with Crippen molar-refractivity contribution < 1.29 is 4.74 Å². The molecule has 16 heavy (non-hydrogen) atoms. The third kappa shape index (κ3) is 1.39. The topological polar surface area (TPSA) is 17.4 Å². The van der Waals surface area contributed by atoms with Gasteiger partial charge < -0.3 is 14.2 Å². The lowest BCUT2D eigenvalue weighted by atomic mass is 10.1. The van der Waals surface area contributed by atoms with Crippen LogP contribution in [0.5, 0.6) is 5.75 Å². The number of hydrogen-bond donors (Lipinski definition) is 0. The molecule has 0 spiro atoms. The number of para-hydroxylation sites is 1. The molecule has 1 aliphatic heterocycles. The third-order valence-corrected chi connectivity index (χ3v) is 3.02. The van der Waals surface area contributed by atoms with Crippen LogP contribution >= 0.6 is 0 Å². The van der Waals surface area contributed by atoms with E-state index in [1.807, 2.05) is 0 Å². The summed E-state index contributed by atoms with van der Waals surface area (Å²) in [4.78, 5) is 2.20. The number of benzene rings is 1. The second-order valence-corrected chi connectivity index (χ2v) is 4.59. The third-order valence-electron chi connectivity index (χ3n) is 3.02. The molecule has 84 valence electrons. The smallest absolute Gasteiger partial charge is 0.143 e. The molecule has 3 heteroatoms. The van der Waals surface area contributed by atoms with Crippen molar-refractivity contribution in [2.75, 3.05) is 20.7 Å². The van der Waals surface area contributed by atoms with Crippen LogP contribution in [0, 0.1) is 0 Å². The van der Waals surface area contributed by atoms with Gasteiger partial charge in [0.15, 0.2) is 0 Å². The lowest BCUT2D eigenvalue weighted by Gasteiger charge is -2.16. The highest BCUT2D eigenvalue weighted by Gasteiger charge is 2.16. The molecule has 0 fully saturated rings. The van der Waals surface area contributed by atoms with Crippen molar-refractivity contribution in [2.24, 2.45) is 0 Å². The van der Waals surface area contributed by atoms with Crippen molar-refractivity contribution >= 4 is 10.9 Å². The predicted octanol–water partition coefficient (Wildman–Crippen LogP) is 2.10. The highest BCUT2D eigenvalue weighted by Crippen LogP contribution is 2.32. The van der Waals surface area contributed by atoms with E-state index in [1.54, 1.807) is 0 Å². The van der Waals surface area contributed by atoms with Gasteiger partial charge in [0, 0.05) is 18.1 Å². The minimum Gasteiger partial charge on any atom is -0.490 e. The average molecular weight is 216 g/mol. The SMILES string of the molecule is CN(C)Cc1cn2c3c(cccc13)OCC2. The quantitative estimate of drug-likeness (QED) is 0.765. The fourth-order valence-corrected chi connectivity index (χ4v) is 2.41. The maximum Gasteiger partial charge on any atom is 0.143 e. The Morgan fingerprint density at radius 1 is 1.38 bits per heavy atom. The van der Waals surface area contributed by atoms with Gasteiger partial charge in [-0.15, -0.1) is 0 Å². The first-order valence-electron chi connectivity index (χ1n) is 5.64. The lowest BCUT2D eigenvalue weighted by molar-refractivity contribution is 0.287. The van der Waals surface area contributed by atoms with Crippen LogP contribution in [0.15, 0.2) is 24.4 Å². The van der Waals surface area contributed by atoms with Crippen molar-refractivity contribution in [3.63, 3.8) is 0 Å². The number of rotatable bonds is 2. The van der Waals surface area contributed by atoms with Gasteiger partial charge in [-0.05, 0) is 25.7 Å². The summed E-state index contributed by atoms with van der Waals surface area (Å²) in [5.74, 6) is 1.02. The van der Waals surface area contributed by atoms with Crippen LogP contribution in [-0.2, 0) is 13.1 Å². The van der Waals surface area contributed by atoms with Crippen LogP contribution in [0.4, 0.5) is 0 Å². The van der Waals surface area contributed by atoms with E-state index in [0.29, 0.717) is 0 Å². The van der Waals surface area contributed by atoms with E-state index in [-0.39, 0.29) is 0 Å². The number of ether oxygens (including phenoxy) is 1. The maximum atomic E-state index is 5.68. The highest BCUT2D eigenvalue weighted by atomic mass is 16.5. The Morgan fingerprint density at radius 3 is 3.06 bits per heavy atom. The molecule has 2 aromatic rings. The van der Waals surface area contributed by atoms with Gasteiger partial charge in [-0.3, -0.25) is 0 Å². The molecular weight excluding hydrogens is 200 g/mol. The Hall–Kier alpha value is -1.48. The molecule has 0 saturated heterocycles. The van der Waals surface area contributed by atoms with Gasteiger partial charge in [-0.25, -0.2) is 0 Å². The fourth-order valence-electron chi connectivity index (χ4n) is 2.41. The largest absolute Gasteiger partial charge is 0.490 e. The zero-order valence-electron chi connectivity index (χ0n) is 9.73. The van der Waals surface area contributed by atoms with Crippen LogP contribution in [0.2, 0.25) is 0 Å². The molecule has 0 amide bonds. The summed E-state index contributed by atoms with van der Waals surface area (Å²) in [5.41, 5.74) is 2.64. The van der Waals surface area contributed by atoms with Gasteiger partial charge >= 0.3 is 0 Å². The maximum absolute atomic E-state index is 5.68. The molecule has 0 bridgehead atoms. The summed E-state index contributed by atoms with van der Waals surface area (Å²) < 4.78 is 7.99. The van der Waals surface area contributed by atoms with Crippen molar-refractivity contribution in [3.8, 4) is 5.75 Å². The van der Waals surface area contributed by atoms with Crippen molar-refractivity contribution in [2.45, 2.75) is 13.1 Å². The van der Waals surface area contributed by atoms with E-state index in [4.69, 9.17) is 4.74 Å². The summed E-state index contributed by atoms with van der Waals surface area (Å²) >= 11 is 0. The monoisotopic (exact) mass is 216 g/mol. The summed E-state index contributed by atoms with van der Waals surface area (Å²) in [7, 11) is 4.20. The molecule has 0 saturated carbocycles. The first-order chi connectivity index (χ1) is 7.75. The molecule has 3 nitrogen and oxygen atoms in total. The number of hydrogen-bond acceptors (Lipinski definition) is 2. The van der Waals surface area contributed by atoms with E-state index in [1.165, 1.54) is 16.5 Å². The van der Waals surface area contributed by atoms with Crippen molar-refractivity contribution in [3.05, 3.63) is 30.0 Å². The van der Waals surface area contributed by atoms with Gasteiger partial charge in [0.2, 0.25) is 0 Å². The van der Waals surface area contributed by atoms with E-state index in [9.17, 15) is 0 Å². The Bertz CT molecular complexity index is 528. The van der Waals surface area contributed by atoms with Gasteiger partial charge in [0.05, 0.1) is 12.1 Å². The fraction of sp³-hybridized carbons (Fsp3) is 0.385. The standard InChI is InChI=1S/C13H16N2O/c1-14(2)8-10-9-15-6-7-16-12-5-3-4-11(10)13(12)15/h3-5,9H,6-8H2,1-2H3. The molecule has 1 aromatic heterocycles. The first kappa shape index (κ1) is 9.73. The van der Waals surface area contributed by atoms with Crippen LogP contribution in [0.1, 0.15) is 5.56 Å². The Labute approximate surface area is 95.2 Å². The van der Waals surface area contributed by atoms with Gasteiger partial charge in [0.1, 0.15) is 12.4 Å². The molecule has 1 aromatic carbocycles. The van der Waals surface area contributed by atoms with Crippen molar-refractivity contribution in [1.29, 1.82) is 0 Å². The summed E-state index contributed by atoms with van der Waals surface area (Å²) in [6.07, 6.45) is 2.26. The molecule has 2 heterocycles. The molecule has 3 rings (SSSR count). The van der Waals surface area contributed by atoms with Crippen LogP contribution in [-0.4, -0.2) is 30.2 Å². The lowest BCUT2D eigenvalue weighted by Crippen LogP contribution is -2.13.